The highest BCUT2D eigenvalue weighted by atomic mass is 16.5. The average molecular weight is 334 g/mol. The van der Waals surface area contributed by atoms with Gasteiger partial charge in [0.05, 0.1) is 12.8 Å². The molecule has 0 spiro atoms. The van der Waals surface area contributed by atoms with Gasteiger partial charge >= 0.3 is 0 Å². The van der Waals surface area contributed by atoms with E-state index in [0.29, 0.717) is 23.5 Å². The van der Waals surface area contributed by atoms with E-state index in [1.165, 1.54) is 12.3 Å². The number of fused-ring (bicyclic) bond motifs is 1. The molecule has 0 heterocycles. The quantitative estimate of drug-likeness (QED) is 0.552. The van der Waals surface area contributed by atoms with Gasteiger partial charge in [0.15, 0.2) is 11.5 Å². The van der Waals surface area contributed by atoms with Gasteiger partial charge in [-0.15, -0.1) is 0 Å². The Balaban J connectivity index is 1.70. The van der Waals surface area contributed by atoms with Crippen molar-refractivity contribution in [3.8, 4) is 11.5 Å². The number of benzene rings is 3. The second-order valence-corrected chi connectivity index (χ2v) is 5.42. The molecular formula is C20H18N2O3. The van der Waals surface area contributed by atoms with Crippen molar-refractivity contribution in [3.63, 3.8) is 0 Å². The molecule has 0 radical (unpaired) electrons. The summed E-state index contributed by atoms with van der Waals surface area (Å²) in [6.45, 7) is 2.29. The summed E-state index contributed by atoms with van der Waals surface area (Å²) in [5.41, 5.74) is 3.75. The molecule has 0 aliphatic rings. The lowest BCUT2D eigenvalue weighted by Gasteiger charge is -2.06. The van der Waals surface area contributed by atoms with Crippen molar-refractivity contribution in [2.24, 2.45) is 5.10 Å². The fraction of sp³-hybridized carbons (Fsp3) is 0.100. The van der Waals surface area contributed by atoms with Crippen molar-refractivity contribution in [2.45, 2.75) is 6.92 Å². The van der Waals surface area contributed by atoms with Gasteiger partial charge in [0, 0.05) is 5.56 Å². The number of carbonyl (C=O) groups is 1. The third-order valence-corrected chi connectivity index (χ3v) is 3.68. The molecule has 1 amide bonds. The molecule has 0 aliphatic heterocycles. The number of nitrogens with one attached hydrogen (secondary N) is 1. The van der Waals surface area contributed by atoms with E-state index in [0.717, 1.165) is 10.8 Å². The minimum absolute atomic E-state index is 0.0687. The summed E-state index contributed by atoms with van der Waals surface area (Å²) in [7, 11) is 0. The van der Waals surface area contributed by atoms with Crippen LogP contribution in [-0.2, 0) is 0 Å². The Labute approximate surface area is 145 Å². The molecule has 3 aromatic carbocycles. The van der Waals surface area contributed by atoms with Crippen LogP contribution in [0.1, 0.15) is 22.8 Å². The SMILES string of the molecule is CCOc1cc(/C=N/NC(=O)c2ccc3ccccc3c2)ccc1O. The van der Waals surface area contributed by atoms with Gasteiger partial charge in [-0.2, -0.15) is 5.10 Å². The van der Waals surface area contributed by atoms with Crippen LogP contribution < -0.4 is 10.2 Å². The van der Waals surface area contributed by atoms with Gasteiger partial charge in [0.2, 0.25) is 0 Å². The second kappa shape index (κ2) is 7.49. The largest absolute Gasteiger partial charge is 0.504 e. The molecule has 126 valence electrons. The van der Waals surface area contributed by atoms with Gasteiger partial charge in [0.25, 0.3) is 5.91 Å². The lowest BCUT2D eigenvalue weighted by Crippen LogP contribution is -2.17. The predicted molar refractivity (Wildman–Crippen MR) is 98.3 cm³/mol. The molecule has 3 rings (SSSR count). The van der Waals surface area contributed by atoms with E-state index in [-0.39, 0.29) is 11.7 Å². The van der Waals surface area contributed by atoms with Gasteiger partial charge in [-0.3, -0.25) is 4.79 Å². The van der Waals surface area contributed by atoms with Gasteiger partial charge in [0.1, 0.15) is 0 Å². The monoisotopic (exact) mass is 334 g/mol. The van der Waals surface area contributed by atoms with Crippen molar-refractivity contribution in [1.29, 1.82) is 0 Å². The van der Waals surface area contributed by atoms with Crippen LogP contribution in [0.4, 0.5) is 0 Å². The molecule has 5 nitrogen and oxygen atoms in total. The molecular weight excluding hydrogens is 316 g/mol. The number of hydrogen-bond acceptors (Lipinski definition) is 4. The number of aromatic hydroxyl groups is 1. The Hall–Kier alpha value is -3.34. The summed E-state index contributed by atoms with van der Waals surface area (Å²) in [5.74, 6) is 0.164. The molecule has 25 heavy (non-hydrogen) atoms. The number of hydrazone groups is 1. The maximum atomic E-state index is 12.2. The van der Waals surface area contributed by atoms with Gasteiger partial charge in [-0.25, -0.2) is 5.43 Å². The van der Waals surface area contributed by atoms with Crippen LogP contribution in [0.15, 0.2) is 65.8 Å². The molecule has 0 saturated carbocycles. The van der Waals surface area contributed by atoms with E-state index >= 15 is 0 Å². The lowest BCUT2D eigenvalue weighted by atomic mass is 10.1. The Morgan fingerprint density at radius 3 is 2.72 bits per heavy atom. The zero-order chi connectivity index (χ0) is 17.6. The molecule has 5 heteroatoms. The molecule has 0 fully saturated rings. The second-order valence-electron chi connectivity index (χ2n) is 5.42. The Kier molecular flexibility index (Phi) is 4.95. The van der Waals surface area contributed by atoms with Crippen molar-refractivity contribution >= 4 is 22.9 Å². The van der Waals surface area contributed by atoms with E-state index in [1.807, 2.05) is 43.3 Å². The summed E-state index contributed by atoms with van der Waals surface area (Å²) in [6, 6.07) is 18.2. The number of rotatable bonds is 5. The molecule has 0 aromatic heterocycles. The lowest BCUT2D eigenvalue weighted by molar-refractivity contribution is 0.0955. The van der Waals surface area contributed by atoms with E-state index in [1.54, 1.807) is 18.2 Å². The average Bonchev–Trinajstić information content (AvgIpc) is 2.64. The predicted octanol–water partition coefficient (Wildman–Crippen LogP) is 3.71. The minimum atomic E-state index is -0.286. The third kappa shape index (κ3) is 3.95. The molecule has 0 saturated heterocycles. The number of nitrogens with zero attached hydrogens (tertiary/aromatic N) is 1. The summed E-state index contributed by atoms with van der Waals surface area (Å²) >= 11 is 0. The molecule has 0 atom stereocenters. The highest BCUT2D eigenvalue weighted by Gasteiger charge is 2.05. The Bertz CT molecular complexity index is 935. The number of phenols is 1. The molecule has 0 unspecified atom stereocenters. The normalized spacial score (nSPS) is 10.9. The first kappa shape index (κ1) is 16.5. The highest BCUT2D eigenvalue weighted by molar-refractivity contribution is 5.99. The number of carbonyl (C=O) groups excluding carboxylic acids is 1. The fourth-order valence-electron chi connectivity index (χ4n) is 2.44. The van der Waals surface area contributed by atoms with Crippen LogP contribution in [0.5, 0.6) is 11.5 Å². The maximum absolute atomic E-state index is 12.2. The summed E-state index contributed by atoms with van der Waals surface area (Å²) in [6.07, 6.45) is 1.50. The van der Waals surface area contributed by atoms with Gasteiger partial charge in [-0.05, 0) is 53.6 Å². The van der Waals surface area contributed by atoms with Crippen LogP contribution in [0.3, 0.4) is 0 Å². The van der Waals surface area contributed by atoms with Crippen molar-refractivity contribution < 1.29 is 14.6 Å². The first-order chi connectivity index (χ1) is 12.2. The Morgan fingerprint density at radius 1 is 1.12 bits per heavy atom. The van der Waals surface area contributed by atoms with Gasteiger partial charge in [-0.1, -0.05) is 30.3 Å². The fourth-order valence-corrected chi connectivity index (χ4v) is 2.44. The number of ether oxygens (including phenoxy) is 1. The van der Waals surface area contributed by atoms with Crippen molar-refractivity contribution in [2.75, 3.05) is 6.61 Å². The zero-order valence-electron chi connectivity index (χ0n) is 13.8. The minimum Gasteiger partial charge on any atom is -0.504 e. The van der Waals surface area contributed by atoms with Crippen LogP contribution in [0.25, 0.3) is 10.8 Å². The van der Waals surface area contributed by atoms with Crippen LogP contribution in [0.2, 0.25) is 0 Å². The van der Waals surface area contributed by atoms with Crippen molar-refractivity contribution in [3.05, 3.63) is 71.8 Å². The Morgan fingerprint density at radius 2 is 1.92 bits per heavy atom. The van der Waals surface area contributed by atoms with Crippen LogP contribution >= 0.6 is 0 Å². The first-order valence-electron chi connectivity index (χ1n) is 7.95. The van der Waals surface area contributed by atoms with Crippen molar-refractivity contribution in [1.82, 2.24) is 5.43 Å². The number of hydrogen-bond donors (Lipinski definition) is 2. The first-order valence-corrected chi connectivity index (χ1v) is 7.95. The summed E-state index contributed by atoms with van der Waals surface area (Å²) in [4.78, 5) is 12.2. The highest BCUT2D eigenvalue weighted by Crippen LogP contribution is 2.26. The maximum Gasteiger partial charge on any atom is 0.271 e. The summed E-state index contributed by atoms with van der Waals surface area (Å²) in [5, 5.41) is 15.7. The standard InChI is InChI=1S/C20H18N2O3/c1-2-25-19-11-14(7-10-18(19)23)13-21-22-20(24)17-9-8-15-5-3-4-6-16(15)12-17/h3-13,23H,2H2,1H3,(H,22,24)/b21-13+. The van der Waals surface area contributed by atoms with Gasteiger partial charge < -0.3 is 9.84 Å². The van der Waals surface area contributed by atoms with Crippen LogP contribution in [0, 0.1) is 0 Å². The van der Waals surface area contributed by atoms with Crippen LogP contribution in [-0.4, -0.2) is 23.8 Å². The molecule has 0 bridgehead atoms. The smallest absolute Gasteiger partial charge is 0.271 e. The van der Waals surface area contributed by atoms with E-state index in [2.05, 4.69) is 10.5 Å². The third-order valence-electron chi connectivity index (χ3n) is 3.68. The molecule has 0 aliphatic carbocycles. The van der Waals surface area contributed by atoms with E-state index in [4.69, 9.17) is 4.74 Å². The number of amides is 1. The molecule has 2 N–H and O–H groups in total. The van der Waals surface area contributed by atoms with E-state index < -0.39 is 0 Å². The molecule has 3 aromatic rings. The number of phenolic OH excluding ortho intramolecular Hbond substituents is 1. The summed E-state index contributed by atoms with van der Waals surface area (Å²) < 4.78 is 5.32. The topological polar surface area (TPSA) is 70.9 Å². The zero-order valence-corrected chi connectivity index (χ0v) is 13.8. The van der Waals surface area contributed by atoms with E-state index in [9.17, 15) is 9.90 Å².